The molecule has 2 aromatic rings. The predicted molar refractivity (Wildman–Crippen MR) is 106 cm³/mol. The van der Waals surface area contributed by atoms with Gasteiger partial charge in [0.1, 0.15) is 5.75 Å². The highest BCUT2D eigenvalue weighted by atomic mass is 16.6. The Morgan fingerprint density at radius 2 is 2.04 bits per heavy atom. The number of nitrogens with zero attached hydrogens (tertiary/aromatic N) is 2. The monoisotopic (exact) mass is 384 g/mol. The summed E-state index contributed by atoms with van der Waals surface area (Å²) in [7, 11) is 1.41. The van der Waals surface area contributed by atoms with Gasteiger partial charge in [0.05, 0.1) is 30.3 Å². The standard InChI is InChI=1S/C20H24N4O4/c1-28-19-9-16(24(26)27)7-8-18(19)22-20(25)13-23-11-15(10-21)17(12-23)14-5-3-2-4-6-14/h2-9,15,17H,10-13,21H2,1H3,(H,22,25)/t15-,17+/m1/s1. The molecule has 3 N–H and O–H groups in total. The Bertz CT molecular complexity index is 843. The summed E-state index contributed by atoms with van der Waals surface area (Å²) in [5, 5.41) is 13.7. The second kappa shape index (κ2) is 8.81. The lowest BCUT2D eigenvalue weighted by atomic mass is 9.89. The molecule has 8 heteroatoms. The highest BCUT2D eigenvalue weighted by molar-refractivity contribution is 5.94. The zero-order valence-electron chi connectivity index (χ0n) is 15.7. The number of non-ortho nitro benzene ring substituents is 1. The lowest BCUT2D eigenvalue weighted by Crippen LogP contribution is -2.32. The second-order valence-electron chi connectivity index (χ2n) is 6.90. The number of anilines is 1. The number of nitrogens with two attached hydrogens (primary N) is 1. The molecule has 1 saturated heterocycles. The van der Waals surface area contributed by atoms with Crippen LogP contribution in [-0.4, -0.2) is 49.0 Å². The minimum absolute atomic E-state index is 0.0918. The van der Waals surface area contributed by atoms with Gasteiger partial charge in [0.25, 0.3) is 5.69 Å². The first-order chi connectivity index (χ1) is 13.5. The lowest BCUT2D eigenvalue weighted by Gasteiger charge is -2.17. The van der Waals surface area contributed by atoms with Crippen LogP contribution < -0.4 is 15.8 Å². The van der Waals surface area contributed by atoms with E-state index >= 15 is 0 Å². The largest absolute Gasteiger partial charge is 0.494 e. The fourth-order valence-electron chi connectivity index (χ4n) is 3.70. The van der Waals surface area contributed by atoms with E-state index < -0.39 is 4.92 Å². The number of carbonyl (C=O) groups is 1. The van der Waals surface area contributed by atoms with Gasteiger partial charge in [-0.1, -0.05) is 30.3 Å². The number of nitro benzene ring substituents is 1. The number of nitrogens with one attached hydrogen (secondary N) is 1. The van der Waals surface area contributed by atoms with Crippen LogP contribution >= 0.6 is 0 Å². The zero-order chi connectivity index (χ0) is 20.1. The molecular formula is C20H24N4O4. The number of benzene rings is 2. The SMILES string of the molecule is COc1cc([N+](=O)[O-])ccc1NC(=O)CN1C[C@@H](CN)[C@H](c2ccccc2)C1. The van der Waals surface area contributed by atoms with Crippen molar-refractivity contribution in [3.63, 3.8) is 0 Å². The summed E-state index contributed by atoms with van der Waals surface area (Å²) in [6.45, 7) is 2.30. The summed E-state index contributed by atoms with van der Waals surface area (Å²) >= 11 is 0. The number of nitro groups is 1. The van der Waals surface area contributed by atoms with Gasteiger partial charge in [-0.25, -0.2) is 0 Å². The summed E-state index contributed by atoms with van der Waals surface area (Å²) in [6, 6.07) is 14.3. The predicted octanol–water partition coefficient (Wildman–Crippen LogP) is 2.22. The van der Waals surface area contributed by atoms with Gasteiger partial charge in [-0.05, 0) is 24.1 Å². The van der Waals surface area contributed by atoms with E-state index in [2.05, 4.69) is 22.3 Å². The van der Waals surface area contributed by atoms with E-state index in [0.717, 1.165) is 13.1 Å². The van der Waals surface area contributed by atoms with Crippen LogP contribution in [0.15, 0.2) is 48.5 Å². The van der Waals surface area contributed by atoms with Gasteiger partial charge in [0.15, 0.2) is 0 Å². The Balaban J connectivity index is 1.65. The number of hydrogen-bond acceptors (Lipinski definition) is 6. The van der Waals surface area contributed by atoms with Gasteiger partial charge in [-0.3, -0.25) is 19.8 Å². The van der Waals surface area contributed by atoms with Gasteiger partial charge in [0, 0.05) is 25.1 Å². The normalized spacial score (nSPS) is 19.4. The first-order valence-electron chi connectivity index (χ1n) is 9.11. The van der Waals surface area contributed by atoms with Crippen LogP contribution in [-0.2, 0) is 4.79 Å². The van der Waals surface area contributed by atoms with E-state index in [-0.39, 0.29) is 23.9 Å². The highest BCUT2D eigenvalue weighted by Gasteiger charge is 2.33. The van der Waals surface area contributed by atoms with E-state index in [9.17, 15) is 14.9 Å². The molecule has 3 rings (SSSR count). The number of methoxy groups -OCH3 is 1. The minimum Gasteiger partial charge on any atom is -0.494 e. The maximum absolute atomic E-state index is 12.5. The molecule has 1 aliphatic heterocycles. The molecule has 0 spiro atoms. The lowest BCUT2D eigenvalue weighted by molar-refractivity contribution is -0.384. The van der Waals surface area contributed by atoms with Crippen molar-refractivity contribution in [1.29, 1.82) is 0 Å². The van der Waals surface area contributed by atoms with E-state index in [0.29, 0.717) is 24.1 Å². The number of ether oxygens (including phenoxy) is 1. The Morgan fingerprint density at radius 1 is 1.29 bits per heavy atom. The third kappa shape index (κ3) is 4.47. The third-order valence-corrected chi connectivity index (χ3v) is 5.08. The molecule has 0 bridgehead atoms. The summed E-state index contributed by atoms with van der Waals surface area (Å²) in [4.78, 5) is 25.0. The van der Waals surface area contributed by atoms with Crippen LogP contribution in [0.5, 0.6) is 5.75 Å². The van der Waals surface area contributed by atoms with Crippen LogP contribution in [0.2, 0.25) is 0 Å². The molecule has 1 heterocycles. The molecule has 2 atom stereocenters. The highest BCUT2D eigenvalue weighted by Crippen LogP contribution is 2.32. The molecule has 0 aromatic heterocycles. The quantitative estimate of drug-likeness (QED) is 0.559. The first kappa shape index (κ1) is 19.8. The zero-order valence-corrected chi connectivity index (χ0v) is 15.7. The van der Waals surface area contributed by atoms with Gasteiger partial charge in [-0.2, -0.15) is 0 Å². The average Bonchev–Trinajstić information content (AvgIpc) is 3.11. The van der Waals surface area contributed by atoms with Crippen molar-refractivity contribution in [3.05, 3.63) is 64.2 Å². The molecule has 8 nitrogen and oxygen atoms in total. The first-order valence-corrected chi connectivity index (χ1v) is 9.11. The van der Waals surface area contributed by atoms with Crippen molar-refractivity contribution < 1.29 is 14.5 Å². The molecule has 1 amide bonds. The fourth-order valence-corrected chi connectivity index (χ4v) is 3.70. The molecule has 1 aliphatic rings. The molecule has 148 valence electrons. The third-order valence-electron chi connectivity index (χ3n) is 5.08. The smallest absolute Gasteiger partial charge is 0.273 e. The topological polar surface area (TPSA) is 111 Å². The van der Waals surface area contributed by atoms with Gasteiger partial charge in [-0.15, -0.1) is 0 Å². The van der Waals surface area contributed by atoms with Crippen molar-refractivity contribution in [3.8, 4) is 5.75 Å². The summed E-state index contributed by atoms with van der Waals surface area (Å²) < 4.78 is 5.17. The van der Waals surface area contributed by atoms with Crippen LogP contribution in [0, 0.1) is 16.0 Å². The van der Waals surface area contributed by atoms with Gasteiger partial charge >= 0.3 is 0 Å². The fraction of sp³-hybridized carbons (Fsp3) is 0.350. The number of hydrogen-bond donors (Lipinski definition) is 2. The maximum Gasteiger partial charge on any atom is 0.273 e. The molecule has 28 heavy (non-hydrogen) atoms. The number of amides is 1. The molecular weight excluding hydrogens is 360 g/mol. The van der Waals surface area contributed by atoms with E-state index in [1.807, 2.05) is 18.2 Å². The molecule has 0 radical (unpaired) electrons. The molecule has 0 saturated carbocycles. The molecule has 2 aromatic carbocycles. The van der Waals surface area contributed by atoms with Crippen molar-refractivity contribution in [2.24, 2.45) is 11.7 Å². The molecule has 1 fully saturated rings. The Kier molecular flexibility index (Phi) is 6.23. The van der Waals surface area contributed by atoms with Crippen LogP contribution in [0.4, 0.5) is 11.4 Å². The van der Waals surface area contributed by atoms with Gasteiger partial charge < -0.3 is 15.8 Å². The Labute approximate surface area is 163 Å². The van der Waals surface area contributed by atoms with E-state index in [4.69, 9.17) is 10.5 Å². The Morgan fingerprint density at radius 3 is 2.68 bits per heavy atom. The van der Waals surface area contributed by atoms with E-state index in [1.54, 1.807) is 0 Å². The summed E-state index contributed by atoms with van der Waals surface area (Å²) in [6.07, 6.45) is 0. The van der Waals surface area contributed by atoms with Crippen molar-refractivity contribution in [2.75, 3.05) is 38.6 Å². The summed E-state index contributed by atoms with van der Waals surface area (Å²) in [5.74, 6) is 0.652. The molecule has 0 unspecified atom stereocenters. The van der Waals surface area contributed by atoms with Crippen molar-refractivity contribution in [1.82, 2.24) is 4.90 Å². The van der Waals surface area contributed by atoms with Crippen LogP contribution in [0.25, 0.3) is 0 Å². The summed E-state index contributed by atoms with van der Waals surface area (Å²) in [5.41, 5.74) is 7.51. The Hall–Kier alpha value is -2.97. The van der Waals surface area contributed by atoms with E-state index in [1.165, 1.54) is 30.9 Å². The van der Waals surface area contributed by atoms with Crippen molar-refractivity contribution in [2.45, 2.75) is 5.92 Å². The minimum atomic E-state index is -0.505. The van der Waals surface area contributed by atoms with Crippen LogP contribution in [0.3, 0.4) is 0 Å². The molecule has 0 aliphatic carbocycles. The number of rotatable bonds is 7. The average molecular weight is 384 g/mol. The van der Waals surface area contributed by atoms with Crippen LogP contribution in [0.1, 0.15) is 11.5 Å². The number of likely N-dealkylation sites (tertiary alicyclic amines) is 1. The maximum atomic E-state index is 12.5. The van der Waals surface area contributed by atoms with Crippen molar-refractivity contribution >= 4 is 17.3 Å². The second-order valence-corrected chi connectivity index (χ2v) is 6.90. The van der Waals surface area contributed by atoms with Gasteiger partial charge in [0.2, 0.25) is 5.91 Å². The number of carbonyl (C=O) groups excluding carboxylic acids is 1.